The van der Waals surface area contributed by atoms with Gasteiger partial charge in [-0.1, -0.05) is 51.3 Å². The van der Waals surface area contributed by atoms with Gasteiger partial charge in [0.2, 0.25) is 0 Å². The first-order valence-corrected chi connectivity index (χ1v) is 7.81. The van der Waals surface area contributed by atoms with E-state index in [2.05, 4.69) is 15.9 Å². The van der Waals surface area contributed by atoms with Gasteiger partial charge in [-0.05, 0) is 29.8 Å². The molecule has 0 amide bonds. The fourth-order valence-corrected chi connectivity index (χ4v) is 2.52. The molecule has 2 nitrogen and oxygen atoms in total. The molecule has 0 unspecified atom stereocenters. The zero-order valence-corrected chi connectivity index (χ0v) is 13.9. The van der Waals surface area contributed by atoms with Crippen LogP contribution < -0.4 is 9.47 Å². The van der Waals surface area contributed by atoms with E-state index in [1.165, 1.54) is 0 Å². The highest BCUT2D eigenvalue weighted by Gasteiger charge is 2.08. The van der Waals surface area contributed by atoms with E-state index < -0.39 is 0 Å². The summed E-state index contributed by atoms with van der Waals surface area (Å²) in [6.45, 7) is 0.359. The minimum absolute atomic E-state index is 0.359. The fourth-order valence-electron chi connectivity index (χ4n) is 1.71. The maximum Gasteiger partial charge on any atom is 0.161 e. The van der Waals surface area contributed by atoms with E-state index in [1.54, 1.807) is 19.2 Å². The molecule has 0 aliphatic rings. The van der Waals surface area contributed by atoms with E-state index in [-0.39, 0.29) is 0 Å². The molecular formula is C15H13BrCl2O2. The van der Waals surface area contributed by atoms with E-state index in [9.17, 15) is 0 Å². The lowest BCUT2D eigenvalue weighted by Crippen LogP contribution is -1.99. The van der Waals surface area contributed by atoms with Gasteiger partial charge >= 0.3 is 0 Å². The number of halogens is 3. The van der Waals surface area contributed by atoms with Crippen molar-refractivity contribution >= 4 is 39.1 Å². The lowest BCUT2D eigenvalue weighted by molar-refractivity contribution is 0.284. The van der Waals surface area contributed by atoms with Crippen LogP contribution in [0.4, 0.5) is 0 Å². The molecule has 0 aromatic heterocycles. The Bertz CT molecular complexity index is 602. The highest BCUT2D eigenvalue weighted by atomic mass is 79.9. The lowest BCUT2D eigenvalue weighted by atomic mass is 10.2. The summed E-state index contributed by atoms with van der Waals surface area (Å²) < 4.78 is 11.1. The van der Waals surface area contributed by atoms with Gasteiger partial charge in [0, 0.05) is 20.9 Å². The molecule has 0 saturated carbocycles. The summed E-state index contributed by atoms with van der Waals surface area (Å²) in [6.07, 6.45) is 0. The molecule has 2 rings (SSSR count). The van der Waals surface area contributed by atoms with Crippen molar-refractivity contribution in [3.63, 3.8) is 0 Å². The lowest BCUT2D eigenvalue weighted by Gasteiger charge is -2.12. The minimum atomic E-state index is 0.359. The molecule has 0 heterocycles. The maximum atomic E-state index is 6.12. The fraction of sp³-hybridized carbons (Fsp3) is 0.200. The SMILES string of the molecule is COc1ccc(CBr)cc1OCc1ccc(Cl)cc1Cl. The van der Waals surface area contributed by atoms with Gasteiger partial charge in [0.25, 0.3) is 0 Å². The summed E-state index contributed by atoms with van der Waals surface area (Å²) in [5.74, 6) is 1.38. The Morgan fingerprint density at radius 3 is 2.50 bits per heavy atom. The Morgan fingerprint density at radius 1 is 1.05 bits per heavy atom. The summed E-state index contributed by atoms with van der Waals surface area (Å²) in [5.41, 5.74) is 1.99. The van der Waals surface area contributed by atoms with Gasteiger partial charge in [-0.3, -0.25) is 0 Å². The largest absolute Gasteiger partial charge is 0.493 e. The molecule has 0 aliphatic heterocycles. The van der Waals surface area contributed by atoms with Crippen LogP contribution in [0.2, 0.25) is 10.0 Å². The van der Waals surface area contributed by atoms with Crippen molar-refractivity contribution in [3.05, 3.63) is 57.6 Å². The van der Waals surface area contributed by atoms with Crippen LogP contribution >= 0.6 is 39.1 Å². The monoisotopic (exact) mass is 374 g/mol. The quantitative estimate of drug-likeness (QED) is 0.644. The first-order valence-electron chi connectivity index (χ1n) is 5.93. The average molecular weight is 376 g/mol. The van der Waals surface area contributed by atoms with Crippen molar-refractivity contribution in [1.82, 2.24) is 0 Å². The van der Waals surface area contributed by atoms with Gasteiger partial charge < -0.3 is 9.47 Å². The van der Waals surface area contributed by atoms with Crippen LogP contribution in [0.1, 0.15) is 11.1 Å². The van der Waals surface area contributed by atoms with Gasteiger partial charge in [-0.25, -0.2) is 0 Å². The Hall–Kier alpha value is -0.900. The van der Waals surface area contributed by atoms with E-state index in [0.29, 0.717) is 28.2 Å². The Labute approximate surface area is 136 Å². The standard InChI is InChI=1S/C15H13BrCl2O2/c1-19-14-5-2-10(8-16)6-15(14)20-9-11-3-4-12(17)7-13(11)18/h2-7H,8-9H2,1H3. The van der Waals surface area contributed by atoms with Crippen LogP contribution in [0.5, 0.6) is 11.5 Å². The van der Waals surface area contributed by atoms with E-state index in [0.717, 1.165) is 16.5 Å². The van der Waals surface area contributed by atoms with Gasteiger partial charge in [0.1, 0.15) is 6.61 Å². The zero-order valence-electron chi connectivity index (χ0n) is 10.8. The third-order valence-corrected chi connectivity index (χ3v) is 4.02. The summed E-state index contributed by atoms with van der Waals surface area (Å²) in [5, 5.41) is 1.96. The van der Waals surface area contributed by atoms with Crippen molar-refractivity contribution in [2.75, 3.05) is 7.11 Å². The van der Waals surface area contributed by atoms with Crippen LogP contribution in [0, 0.1) is 0 Å². The first-order chi connectivity index (χ1) is 9.63. The maximum absolute atomic E-state index is 6.12. The van der Waals surface area contributed by atoms with E-state index in [1.807, 2.05) is 24.3 Å². The Morgan fingerprint density at radius 2 is 1.85 bits per heavy atom. The number of alkyl halides is 1. The van der Waals surface area contributed by atoms with Gasteiger partial charge in [0.05, 0.1) is 7.11 Å². The molecule has 0 saturated heterocycles. The normalized spacial score (nSPS) is 10.4. The van der Waals surface area contributed by atoms with Gasteiger partial charge in [-0.15, -0.1) is 0 Å². The molecule has 0 N–H and O–H groups in total. The predicted octanol–water partition coefficient (Wildman–Crippen LogP) is 5.48. The zero-order chi connectivity index (χ0) is 14.5. The third kappa shape index (κ3) is 3.81. The van der Waals surface area contributed by atoms with Crippen LogP contribution in [0.3, 0.4) is 0 Å². The second-order valence-electron chi connectivity index (χ2n) is 4.14. The number of ether oxygens (including phenoxy) is 2. The smallest absolute Gasteiger partial charge is 0.161 e. The van der Waals surface area contributed by atoms with Crippen LogP contribution in [-0.2, 0) is 11.9 Å². The Kier molecular flexibility index (Phi) is 5.58. The molecule has 106 valence electrons. The second-order valence-corrected chi connectivity index (χ2v) is 5.55. The number of rotatable bonds is 5. The molecule has 0 spiro atoms. The molecule has 0 radical (unpaired) electrons. The molecular weight excluding hydrogens is 363 g/mol. The summed E-state index contributed by atoms with van der Waals surface area (Å²) in [4.78, 5) is 0. The van der Waals surface area contributed by atoms with Crippen LogP contribution in [-0.4, -0.2) is 7.11 Å². The van der Waals surface area contributed by atoms with Crippen molar-refractivity contribution in [3.8, 4) is 11.5 Å². The molecule has 0 bridgehead atoms. The van der Waals surface area contributed by atoms with Crippen LogP contribution in [0.15, 0.2) is 36.4 Å². The molecule has 2 aromatic carbocycles. The number of methoxy groups -OCH3 is 1. The molecule has 0 aliphatic carbocycles. The minimum Gasteiger partial charge on any atom is -0.493 e. The molecule has 0 atom stereocenters. The van der Waals surface area contributed by atoms with Crippen LogP contribution in [0.25, 0.3) is 0 Å². The number of benzene rings is 2. The summed E-state index contributed by atoms with van der Waals surface area (Å²) >= 11 is 15.4. The molecule has 0 fully saturated rings. The molecule has 5 heteroatoms. The molecule has 2 aromatic rings. The van der Waals surface area contributed by atoms with Crippen molar-refractivity contribution < 1.29 is 9.47 Å². The number of hydrogen-bond donors (Lipinski definition) is 0. The third-order valence-electron chi connectivity index (χ3n) is 2.78. The van der Waals surface area contributed by atoms with Crippen molar-refractivity contribution in [1.29, 1.82) is 0 Å². The van der Waals surface area contributed by atoms with E-state index >= 15 is 0 Å². The predicted molar refractivity (Wildman–Crippen MR) is 86.4 cm³/mol. The second kappa shape index (κ2) is 7.21. The van der Waals surface area contributed by atoms with Gasteiger partial charge in [0.15, 0.2) is 11.5 Å². The van der Waals surface area contributed by atoms with Gasteiger partial charge in [-0.2, -0.15) is 0 Å². The van der Waals surface area contributed by atoms with Crippen molar-refractivity contribution in [2.24, 2.45) is 0 Å². The summed E-state index contributed by atoms with van der Waals surface area (Å²) in [6, 6.07) is 11.2. The summed E-state index contributed by atoms with van der Waals surface area (Å²) in [7, 11) is 1.62. The van der Waals surface area contributed by atoms with E-state index in [4.69, 9.17) is 32.7 Å². The first kappa shape index (κ1) is 15.5. The average Bonchev–Trinajstić information content (AvgIpc) is 2.46. The molecule has 20 heavy (non-hydrogen) atoms. The topological polar surface area (TPSA) is 18.5 Å². The van der Waals surface area contributed by atoms with Crippen molar-refractivity contribution in [2.45, 2.75) is 11.9 Å². The Balaban J connectivity index is 2.17. The highest BCUT2D eigenvalue weighted by molar-refractivity contribution is 9.08. The number of hydrogen-bond acceptors (Lipinski definition) is 2. The highest BCUT2D eigenvalue weighted by Crippen LogP contribution is 2.30.